The summed E-state index contributed by atoms with van der Waals surface area (Å²) < 4.78 is 4.74. The molecule has 0 spiro atoms. The van der Waals surface area contributed by atoms with Crippen LogP contribution in [0.5, 0.6) is 0 Å². The van der Waals surface area contributed by atoms with Crippen LogP contribution in [0.15, 0.2) is 36.9 Å². The Morgan fingerprint density at radius 1 is 1.40 bits per heavy atom. The third-order valence-corrected chi connectivity index (χ3v) is 3.13. The number of hydrogen-bond donors (Lipinski definition) is 1. The molecule has 20 heavy (non-hydrogen) atoms. The van der Waals surface area contributed by atoms with Crippen LogP contribution in [0.4, 0.5) is 5.69 Å². The molecule has 0 heterocycles. The smallest absolute Gasteiger partial charge is 0.307 e. The van der Waals surface area contributed by atoms with Gasteiger partial charge in [-0.25, -0.2) is 0 Å². The Bertz CT molecular complexity index is 427. The summed E-state index contributed by atoms with van der Waals surface area (Å²) in [6.07, 6.45) is 2.94. The van der Waals surface area contributed by atoms with Gasteiger partial charge in [-0.05, 0) is 24.1 Å². The van der Waals surface area contributed by atoms with E-state index in [4.69, 9.17) is 4.74 Å². The van der Waals surface area contributed by atoms with Crippen molar-refractivity contribution in [3.05, 3.63) is 42.5 Å². The van der Waals surface area contributed by atoms with Crippen molar-refractivity contribution in [2.75, 3.05) is 32.6 Å². The standard InChI is InChI=1S/C16H24N2O2/c1-5-10-17-14(12-16(19)20-4)11-13-6-8-15(9-7-13)18(2)3/h5-9,14,17H,1,10-12H2,2-4H3. The second-order valence-corrected chi connectivity index (χ2v) is 4.94. The minimum absolute atomic E-state index is 0.0608. The summed E-state index contributed by atoms with van der Waals surface area (Å²) in [7, 11) is 5.44. The highest BCUT2D eigenvalue weighted by Gasteiger charge is 2.14. The van der Waals surface area contributed by atoms with Crippen LogP contribution in [0.3, 0.4) is 0 Å². The Morgan fingerprint density at radius 3 is 2.55 bits per heavy atom. The Labute approximate surface area is 121 Å². The summed E-state index contributed by atoms with van der Waals surface area (Å²) in [4.78, 5) is 13.5. The SMILES string of the molecule is C=CCNC(CC(=O)OC)Cc1ccc(N(C)C)cc1. The summed E-state index contributed by atoms with van der Waals surface area (Å²) in [5.74, 6) is -0.198. The highest BCUT2D eigenvalue weighted by molar-refractivity contribution is 5.70. The number of methoxy groups -OCH3 is 1. The summed E-state index contributed by atoms with van der Waals surface area (Å²) in [6, 6.07) is 8.41. The Balaban J connectivity index is 2.67. The molecule has 0 amide bonds. The molecule has 0 aromatic heterocycles. The van der Waals surface area contributed by atoms with E-state index in [1.54, 1.807) is 6.08 Å². The van der Waals surface area contributed by atoms with Gasteiger partial charge in [-0.1, -0.05) is 18.2 Å². The molecule has 4 heteroatoms. The second-order valence-electron chi connectivity index (χ2n) is 4.94. The van der Waals surface area contributed by atoms with Gasteiger partial charge in [0.2, 0.25) is 0 Å². The minimum atomic E-state index is -0.198. The lowest BCUT2D eigenvalue weighted by Gasteiger charge is -2.18. The molecule has 0 bridgehead atoms. The van der Waals surface area contributed by atoms with Crippen LogP contribution < -0.4 is 10.2 Å². The first-order valence-corrected chi connectivity index (χ1v) is 6.74. The van der Waals surface area contributed by atoms with Crippen LogP contribution >= 0.6 is 0 Å². The number of ether oxygens (including phenoxy) is 1. The number of carbonyl (C=O) groups is 1. The zero-order valence-corrected chi connectivity index (χ0v) is 12.6. The van der Waals surface area contributed by atoms with E-state index in [2.05, 4.69) is 41.1 Å². The molecule has 1 unspecified atom stereocenters. The van der Waals surface area contributed by atoms with Crippen molar-refractivity contribution in [3.8, 4) is 0 Å². The quantitative estimate of drug-likeness (QED) is 0.582. The molecule has 0 radical (unpaired) electrons. The van der Waals surface area contributed by atoms with Crippen LogP contribution in [-0.4, -0.2) is 39.8 Å². The van der Waals surface area contributed by atoms with E-state index in [0.29, 0.717) is 13.0 Å². The number of carbonyl (C=O) groups excluding carboxylic acids is 1. The van der Waals surface area contributed by atoms with E-state index in [1.807, 2.05) is 14.1 Å². The Hall–Kier alpha value is -1.81. The van der Waals surface area contributed by atoms with Crippen molar-refractivity contribution in [1.82, 2.24) is 5.32 Å². The maximum Gasteiger partial charge on any atom is 0.307 e. The molecule has 1 atom stereocenters. The number of esters is 1. The number of rotatable bonds is 8. The lowest BCUT2D eigenvalue weighted by Crippen LogP contribution is -2.33. The van der Waals surface area contributed by atoms with Gasteiger partial charge in [0.15, 0.2) is 0 Å². The van der Waals surface area contributed by atoms with Gasteiger partial charge in [0, 0.05) is 32.4 Å². The summed E-state index contributed by atoms with van der Waals surface area (Å²) in [5.41, 5.74) is 2.36. The number of nitrogens with zero attached hydrogens (tertiary/aromatic N) is 1. The Kier molecular flexibility index (Phi) is 6.81. The second kappa shape index (κ2) is 8.38. The number of nitrogens with one attached hydrogen (secondary N) is 1. The first kappa shape index (κ1) is 16.2. The zero-order valence-electron chi connectivity index (χ0n) is 12.6. The van der Waals surface area contributed by atoms with Gasteiger partial charge in [-0.15, -0.1) is 6.58 Å². The average Bonchev–Trinajstić information content (AvgIpc) is 2.45. The molecule has 0 fully saturated rings. The largest absolute Gasteiger partial charge is 0.469 e. The van der Waals surface area contributed by atoms with Gasteiger partial charge in [-0.3, -0.25) is 4.79 Å². The molecular weight excluding hydrogens is 252 g/mol. The van der Waals surface area contributed by atoms with Crippen molar-refractivity contribution >= 4 is 11.7 Å². The molecule has 0 aliphatic heterocycles. The van der Waals surface area contributed by atoms with Crippen molar-refractivity contribution < 1.29 is 9.53 Å². The number of anilines is 1. The maximum atomic E-state index is 11.4. The van der Waals surface area contributed by atoms with Crippen LogP contribution in [0.2, 0.25) is 0 Å². The monoisotopic (exact) mass is 276 g/mol. The lowest BCUT2D eigenvalue weighted by atomic mass is 10.0. The molecule has 0 aliphatic rings. The molecule has 1 aromatic rings. The van der Waals surface area contributed by atoms with Crippen LogP contribution in [0.1, 0.15) is 12.0 Å². The molecule has 1 N–H and O–H groups in total. The third-order valence-electron chi connectivity index (χ3n) is 3.13. The van der Waals surface area contributed by atoms with Crippen molar-refractivity contribution in [2.24, 2.45) is 0 Å². The van der Waals surface area contributed by atoms with Crippen LogP contribution in [0, 0.1) is 0 Å². The van der Waals surface area contributed by atoms with Crippen LogP contribution in [-0.2, 0) is 16.0 Å². The van der Waals surface area contributed by atoms with Gasteiger partial charge < -0.3 is 15.0 Å². The van der Waals surface area contributed by atoms with E-state index in [-0.39, 0.29) is 12.0 Å². The van der Waals surface area contributed by atoms with E-state index >= 15 is 0 Å². The van der Waals surface area contributed by atoms with Gasteiger partial charge in [0.05, 0.1) is 13.5 Å². The fraction of sp³-hybridized carbons (Fsp3) is 0.438. The van der Waals surface area contributed by atoms with E-state index < -0.39 is 0 Å². The lowest BCUT2D eigenvalue weighted by molar-refractivity contribution is -0.141. The molecule has 4 nitrogen and oxygen atoms in total. The van der Waals surface area contributed by atoms with Gasteiger partial charge in [-0.2, -0.15) is 0 Å². The van der Waals surface area contributed by atoms with Crippen molar-refractivity contribution in [3.63, 3.8) is 0 Å². The zero-order chi connectivity index (χ0) is 15.0. The van der Waals surface area contributed by atoms with E-state index in [1.165, 1.54) is 12.7 Å². The predicted octanol–water partition coefficient (Wildman–Crippen LogP) is 2.00. The first-order chi connectivity index (χ1) is 9.56. The molecular formula is C16H24N2O2. The third kappa shape index (κ3) is 5.45. The molecule has 0 saturated heterocycles. The number of hydrogen-bond acceptors (Lipinski definition) is 4. The average molecular weight is 276 g/mol. The van der Waals surface area contributed by atoms with E-state index in [9.17, 15) is 4.79 Å². The predicted molar refractivity (Wildman–Crippen MR) is 83.1 cm³/mol. The van der Waals surface area contributed by atoms with Gasteiger partial charge in [0.25, 0.3) is 0 Å². The fourth-order valence-corrected chi connectivity index (χ4v) is 1.97. The fourth-order valence-electron chi connectivity index (χ4n) is 1.97. The summed E-state index contributed by atoms with van der Waals surface area (Å²) >= 11 is 0. The molecule has 0 aliphatic carbocycles. The minimum Gasteiger partial charge on any atom is -0.469 e. The summed E-state index contributed by atoms with van der Waals surface area (Å²) in [6.45, 7) is 4.36. The van der Waals surface area contributed by atoms with E-state index in [0.717, 1.165) is 12.1 Å². The van der Waals surface area contributed by atoms with Crippen molar-refractivity contribution in [1.29, 1.82) is 0 Å². The molecule has 1 rings (SSSR count). The van der Waals surface area contributed by atoms with Gasteiger partial charge >= 0.3 is 5.97 Å². The molecule has 1 aromatic carbocycles. The first-order valence-electron chi connectivity index (χ1n) is 6.74. The number of benzene rings is 1. The molecule has 110 valence electrons. The summed E-state index contributed by atoms with van der Waals surface area (Å²) in [5, 5.41) is 3.29. The van der Waals surface area contributed by atoms with Crippen molar-refractivity contribution in [2.45, 2.75) is 18.9 Å². The highest BCUT2D eigenvalue weighted by Crippen LogP contribution is 2.14. The highest BCUT2D eigenvalue weighted by atomic mass is 16.5. The maximum absolute atomic E-state index is 11.4. The topological polar surface area (TPSA) is 41.6 Å². The Morgan fingerprint density at radius 2 is 2.05 bits per heavy atom. The normalized spacial score (nSPS) is 11.8. The van der Waals surface area contributed by atoms with Gasteiger partial charge in [0.1, 0.15) is 0 Å². The van der Waals surface area contributed by atoms with Crippen LogP contribution in [0.25, 0.3) is 0 Å². The molecule has 0 saturated carbocycles.